The molecule has 5 heteroatoms. The highest BCUT2D eigenvalue weighted by Gasteiger charge is 2.34. The lowest BCUT2D eigenvalue weighted by atomic mass is 9.89. The molecule has 2 bridgehead atoms. The van der Waals surface area contributed by atoms with Gasteiger partial charge in [0.2, 0.25) is 5.91 Å². The van der Waals surface area contributed by atoms with Gasteiger partial charge >= 0.3 is 0 Å². The Labute approximate surface area is 102 Å². The van der Waals surface area contributed by atoms with Gasteiger partial charge in [0.1, 0.15) is 0 Å². The fraction of sp³-hybridized carbons (Fsp3) is 0.917. The van der Waals surface area contributed by atoms with Gasteiger partial charge in [-0.25, -0.2) is 0 Å². The summed E-state index contributed by atoms with van der Waals surface area (Å²) in [5.74, 6) is 0.462. The van der Waals surface area contributed by atoms with Crippen molar-refractivity contribution in [1.82, 2.24) is 10.6 Å². The zero-order valence-electron chi connectivity index (χ0n) is 10.1. The number of amides is 1. The van der Waals surface area contributed by atoms with Crippen LogP contribution in [0.25, 0.3) is 0 Å². The van der Waals surface area contributed by atoms with Crippen molar-refractivity contribution < 1.29 is 15.0 Å². The normalized spacial score (nSPS) is 33.4. The summed E-state index contributed by atoms with van der Waals surface area (Å²) in [7, 11) is 0. The number of piperidine rings is 1. The molecule has 1 amide bonds. The van der Waals surface area contributed by atoms with Gasteiger partial charge in [0.05, 0.1) is 12.7 Å². The number of nitrogens with one attached hydrogen (secondary N) is 2. The molecule has 2 heterocycles. The number of hydrogen-bond acceptors (Lipinski definition) is 4. The lowest BCUT2D eigenvalue weighted by Crippen LogP contribution is -2.40. The Bertz CT molecular complexity index is 260. The van der Waals surface area contributed by atoms with Gasteiger partial charge in [-0.15, -0.1) is 0 Å². The second-order valence-electron chi connectivity index (χ2n) is 5.32. The Hall–Kier alpha value is -0.650. The van der Waals surface area contributed by atoms with Crippen molar-refractivity contribution in [2.75, 3.05) is 13.2 Å². The van der Waals surface area contributed by atoms with Crippen LogP contribution in [-0.4, -0.2) is 47.5 Å². The Morgan fingerprint density at radius 1 is 1.35 bits per heavy atom. The maximum Gasteiger partial charge on any atom is 0.220 e. The highest BCUT2D eigenvalue weighted by Crippen LogP contribution is 2.32. The topological polar surface area (TPSA) is 81.6 Å². The quantitative estimate of drug-likeness (QED) is 0.518. The van der Waals surface area contributed by atoms with Gasteiger partial charge in [-0.1, -0.05) is 0 Å². The Kier molecular flexibility index (Phi) is 4.36. The van der Waals surface area contributed by atoms with Crippen LogP contribution >= 0.6 is 0 Å². The molecule has 0 aromatic carbocycles. The van der Waals surface area contributed by atoms with E-state index in [9.17, 15) is 4.79 Å². The molecule has 2 fully saturated rings. The third-order valence-electron chi connectivity index (χ3n) is 3.79. The van der Waals surface area contributed by atoms with E-state index >= 15 is 0 Å². The molecule has 3 atom stereocenters. The van der Waals surface area contributed by atoms with Gasteiger partial charge in [-0.05, 0) is 31.6 Å². The molecule has 0 saturated carbocycles. The first kappa shape index (κ1) is 12.8. The van der Waals surface area contributed by atoms with Gasteiger partial charge in [-0.3, -0.25) is 4.79 Å². The third kappa shape index (κ3) is 3.66. The van der Waals surface area contributed by atoms with Crippen molar-refractivity contribution in [2.24, 2.45) is 5.92 Å². The van der Waals surface area contributed by atoms with Gasteiger partial charge in [0, 0.05) is 25.0 Å². The molecule has 0 aliphatic carbocycles. The predicted molar refractivity (Wildman–Crippen MR) is 63.4 cm³/mol. The average Bonchev–Trinajstić information content (AvgIpc) is 2.65. The molecule has 0 spiro atoms. The molecule has 0 aromatic heterocycles. The molecule has 2 saturated heterocycles. The first-order valence-corrected chi connectivity index (χ1v) is 6.49. The van der Waals surface area contributed by atoms with E-state index < -0.39 is 6.10 Å². The molecule has 0 aromatic rings. The number of aliphatic hydroxyl groups excluding tert-OH is 2. The van der Waals surface area contributed by atoms with Crippen molar-refractivity contribution in [3.63, 3.8) is 0 Å². The van der Waals surface area contributed by atoms with Crippen LogP contribution in [-0.2, 0) is 4.79 Å². The molecule has 0 radical (unpaired) electrons. The van der Waals surface area contributed by atoms with E-state index in [0.29, 0.717) is 24.4 Å². The van der Waals surface area contributed by atoms with Gasteiger partial charge < -0.3 is 20.8 Å². The lowest BCUT2D eigenvalue weighted by Gasteiger charge is -2.28. The van der Waals surface area contributed by atoms with Crippen molar-refractivity contribution in [1.29, 1.82) is 0 Å². The number of fused-ring (bicyclic) bond motifs is 2. The number of rotatable bonds is 5. The van der Waals surface area contributed by atoms with Gasteiger partial charge in [0.15, 0.2) is 0 Å². The minimum atomic E-state index is -0.844. The zero-order valence-corrected chi connectivity index (χ0v) is 10.1. The van der Waals surface area contributed by atoms with Crippen molar-refractivity contribution in [2.45, 2.75) is 50.3 Å². The molecular weight excluding hydrogens is 220 g/mol. The van der Waals surface area contributed by atoms with Crippen LogP contribution < -0.4 is 10.6 Å². The molecule has 2 aliphatic rings. The summed E-state index contributed by atoms with van der Waals surface area (Å²) >= 11 is 0. The number of aliphatic hydroxyl groups is 2. The summed E-state index contributed by atoms with van der Waals surface area (Å²) in [5.41, 5.74) is 0. The minimum Gasteiger partial charge on any atom is -0.394 e. The smallest absolute Gasteiger partial charge is 0.220 e. The predicted octanol–water partition coefficient (Wildman–Crippen LogP) is -0.623. The SMILES string of the molecule is O=C(CC1CC2CCC(C1)N2)NCC(O)CO. The maximum absolute atomic E-state index is 11.6. The number of hydrogen-bond donors (Lipinski definition) is 4. The fourth-order valence-corrected chi connectivity index (χ4v) is 2.97. The highest BCUT2D eigenvalue weighted by atomic mass is 16.3. The number of carbonyl (C=O) groups excluding carboxylic acids is 1. The summed E-state index contributed by atoms with van der Waals surface area (Å²) in [6.45, 7) is -0.162. The van der Waals surface area contributed by atoms with Crippen LogP contribution in [0.2, 0.25) is 0 Å². The van der Waals surface area contributed by atoms with E-state index in [0.717, 1.165) is 12.8 Å². The standard InChI is InChI=1S/C12H22N2O3/c15-7-11(16)6-13-12(17)5-8-3-9-1-2-10(4-8)14-9/h8-11,14-16H,1-7H2,(H,13,17). The molecule has 17 heavy (non-hydrogen) atoms. The third-order valence-corrected chi connectivity index (χ3v) is 3.79. The minimum absolute atomic E-state index is 0.0104. The summed E-state index contributed by atoms with van der Waals surface area (Å²) < 4.78 is 0. The second kappa shape index (κ2) is 5.80. The summed E-state index contributed by atoms with van der Waals surface area (Å²) in [6.07, 6.45) is 4.37. The molecule has 2 aliphatic heterocycles. The second-order valence-corrected chi connectivity index (χ2v) is 5.32. The van der Waals surface area contributed by atoms with Crippen molar-refractivity contribution in [3.8, 4) is 0 Å². The summed E-state index contributed by atoms with van der Waals surface area (Å²) in [5, 5.41) is 24.0. The van der Waals surface area contributed by atoms with Crippen LogP contribution in [0.4, 0.5) is 0 Å². The van der Waals surface area contributed by atoms with E-state index in [-0.39, 0.29) is 19.1 Å². The molecule has 3 unspecified atom stereocenters. The zero-order chi connectivity index (χ0) is 12.3. The molecule has 98 valence electrons. The van der Waals surface area contributed by atoms with Crippen LogP contribution in [0.3, 0.4) is 0 Å². The van der Waals surface area contributed by atoms with E-state index in [2.05, 4.69) is 10.6 Å². The van der Waals surface area contributed by atoms with E-state index in [1.807, 2.05) is 0 Å². The van der Waals surface area contributed by atoms with Gasteiger partial charge in [0.25, 0.3) is 0 Å². The van der Waals surface area contributed by atoms with Crippen molar-refractivity contribution >= 4 is 5.91 Å². The fourth-order valence-electron chi connectivity index (χ4n) is 2.97. The van der Waals surface area contributed by atoms with Crippen LogP contribution in [0, 0.1) is 5.92 Å². The highest BCUT2D eigenvalue weighted by molar-refractivity contribution is 5.76. The number of carbonyl (C=O) groups is 1. The Morgan fingerprint density at radius 2 is 2.00 bits per heavy atom. The van der Waals surface area contributed by atoms with Crippen LogP contribution in [0.5, 0.6) is 0 Å². The molecule has 5 nitrogen and oxygen atoms in total. The molecule has 4 N–H and O–H groups in total. The van der Waals surface area contributed by atoms with Crippen molar-refractivity contribution in [3.05, 3.63) is 0 Å². The van der Waals surface area contributed by atoms with Gasteiger partial charge in [-0.2, -0.15) is 0 Å². The van der Waals surface area contributed by atoms with E-state index in [1.54, 1.807) is 0 Å². The largest absolute Gasteiger partial charge is 0.394 e. The maximum atomic E-state index is 11.6. The monoisotopic (exact) mass is 242 g/mol. The first-order chi connectivity index (χ1) is 8.17. The van der Waals surface area contributed by atoms with E-state index in [1.165, 1.54) is 12.8 Å². The summed E-state index contributed by atoms with van der Waals surface area (Å²) in [4.78, 5) is 11.6. The summed E-state index contributed by atoms with van der Waals surface area (Å²) in [6, 6.07) is 1.21. The van der Waals surface area contributed by atoms with Crippen LogP contribution in [0.15, 0.2) is 0 Å². The molecular formula is C12H22N2O3. The lowest BCUT2D eigenvalue weighted by molar-refractivity contribution is -0.122. The van der Waals surface area contributed by atoms with Crippen LogP contribution in [0.1, 0.15) is 32.1 Å². The molecule has 2 rings (SSSR count). The van der Waals surface area contributed by atoms with E-state index in [4.69, 9.17) is 10.2 Å². The Balaban J connectivity index is 1.68. The average molecular weight is 242 g/mol. The first-order valence-electron chi connectivity index (χ1n) is 6.49. The Morgan fingerprint density at radius 3 is 2.59 bits per heavy atom.